The molecule has 1 aromatic heterocycles. The van der Waals surface area contributed by atoms with E-state index in [-0.39, 0.29) is 5.91 Å². The second-order valence-electron chi connectivity index (χ2n) is 6.43. The highest BCUT2D eigenvalue weighted by Crippen LogP contribution is 2.21. The molecule has 0 aliphatic carbocycles. The first-order valence-corrected chi connectivity index (χ1v) is 9.33. The number of carbonyl (C=O) groups is 1. The van der Waals surface area contributed by atoms with Gasteiger partial charge in [-0.3, -0.25) is 9.48 Å². The molecule has 1 amide bonds. The first-order valence-electron chi connectivity index (χ1n) is 9.33. The van der Waals surface area contributed by atoms with Gasteiger partial charge in [-0.25, -0.2) is 0 Å². The number of hydrogen-bond acceptors (Lipinski definition) is 4. The van der Waals surface area contributed by atoms with E-state index in [1.165, 1.54) is 0 Å². The van der Waals surface area contributed by atoms with Crippen LogP contribution in [0.1, 0.15) is 10.5 Å². The molecule has 1 heterocycles. The van der Waals surface area contributed by atoms with Crippen LogP contribution < -0.4 is 14.8 Å². The van der Waals surface area contributed by atoms with Gasteiger partial charge in [-0.2, -0.15) is 5.10 Å². The normalized spacial score (nSPS) is 10.7. The SMILES string of the molecule is COc1ccc(NC(=O)c2nn(CCOc3ccccc3)c3ccccc23)cc1. The smallest absolute Gasteiger partial charge is 0.276 e. The highest BCUT2D eigenvalue weighted by molar-refractivity contribution is 6.11. The van der Waals surface area contributed by atoms with E-state index < -0.39 is 0 Å². The number of nitrogens with zero attached hydrogens (tertiary/aromatic N) is 2. The predicted octanol–water partition coefficient (Wildman–Crippen LogP) is 4.38. The number of benzene rings is 3. The van der Waals surface area contributed by atoms with Gasteiger partial charge < -0.3 is 14.8 Å². The molecule has 146 valence electrons. The molecule has 3 aromatic carbocycles. The van der Waals surface area contributed by atoms with Gasteiger partial charge in [-0.1, -0.05) is 36.4 Å². The van der Waals surface area contributed by atoms with E-state index in [2.05, 4.69) is 10.4 Å². The van der Waals surface area contributed by atoms with Crippen LogP contribution in [0.25, 0.3) is 10.9 Å². The van der Waals surface area contributed by atoms with Gasteiger partial charge in [-0.15, -0.1) is 0 Å². The van der Waals surface area contributed by atoms with Gasteiger partial charge in [0.1, 0.15) is 18.1 Å². The average molecular weight is 387 g/mol. The third-order valence-electron chi connectivity index (χ3n) is 4.54. The summed E-state index contributed by atoms with van der Waals surface area (Å²) in [4.78, 5) is 12.8. The molecule has 4 rings (SSSR count). The van der Waals surface area contributed by atoms with E-state index >= 15 is 0 Å². The Morgan fingerprint density at radius 2 is 1.66 bits per heavy atom. The van der Waals surface area contributed by atoms with Crippen molar-refractivity contribution in [3.05, 3.63) is 84.6 Å². The summed E-state index contributed by atoms with van der Waals surface area (Å²) in [6.07, 6.45) is 0. The molecule has 0 radical (unpaired) electrons. The van der Waals surface area contributed by atoms with Crippen molar-refractivity contribution in [2.24, 2.45) is 0 Å². The van der Waals surface area contributed by atoms with E-state index in [0.29, 0.717) is 24.5 Å². The fourth-order valence-electron chi connectivity index (χ4n) is 3.10. The molecule has 29 heavy (non-hydrogen) atoms. The molecule has 0 saturated heterocycles. The van der Waals surface area contributed by atoms with Crippen LogP contribution in [-0.4, -0.2) is 29.4 Å². The first kappa shape index (κ1) is 18.6. The Kier molecular flexibility index (Phi) is 5.42. The Hall–Kier alpha value is -3.80. The number of anilines is 1. The topological polar surface area (TPSA) is 65.4 Å². The summed E-state index contributed by atoms with van der Waals surface area (Å²) in [7, 11) is 1.61. The molecule has 0 aliphatic rings. The lowest BCUT2D eigenvalue weighted by atomic mass is 10.2. The van der Waals surface area contributed by atoms with Crippen LogP contribution in [0.2, 0.25) is 0 Å². The summed E-state index contributed by atoms with van der Waals surface area (Å²) in [5.74, 6) is 1.28. The maximum atomic E-state index is 12.8. The zero-order chi connectivity index (χ0) is 20.1. The lowest BCUT2D eigenvalue weighted by molar-refractivity contribution is 0.102. The maximum Gasteiger partial charge on any atom is 0.276 e. The molecule has 0 spiro atoms. The number of para-hydroxylation sites is 2. The van der Waals surface area contributed by atoms with Crippen molar-refractivity contribution in [2.45, 2.75) is 6.54 Å². The van der Waals surface area contributed by atoms with Crippen molar-refractivity contribution >= 4 is 22.5 Å². The fraction of sp³-hybridized carbons (Fsp3) is 0.130. The summed E-state index contributed by atoms with van der Waals surface area (Å²) >= 11 is 0. The monoisotopic (exact) mass is 387 g/mol. The summed E-state index contributed by atoms with van der Waals surface area (Å²) in [6, 6.07) is 24.5. The number of carbonyl (C=O) groups excluding carboxylic acids is 1. The number of rotatable bonds is 7. The second-order valence-corrected chi connectivity index (χ2v) is 6.43. The average Bonchev–Trinajstić information content (AvgIpc) is 3.14. The van der Waals surface area contributed by atoms with E-state index in [0.717, 1.165) is 22.4 Å². The Morgan fingerprint density at radius 3 is 2.41 bits per heavy atom. The zero-order valence-corrected chi connectivity index (χ0v) is 16.0. The van der Waals surface area contributed by atoms with E-state index in [1.807, 2.05) is 54.6 Å². The lowest BCUT2D eigenvalue weighted by Gasteiger charge is -2.07. The molecule has 1 N–H and O–H groups in total. The number of nitrogens with one attached hydrogen (secondary N) is 1. The molecule has 0 fully saturated rings. The number of methoxy groups -OCH3 is 1. The van der Waals surface area contributed by atoms with Crippen molar-refractivity contribution in [1.82, 2.24) is 9.78 Å². The Bertz CT molecular complexity index is 1110. The van der Waals surface area contributed by atoms with Crippen molar-refractivity contribution in [3.63, 3.8) is 0 Å². The van der Waals surface area contributed by atoms with Gasteiger partial charge in [-0.05, 0) is 42.5 Å². The van der Waals surface area contributed by atoms with E-state index in [4.69, 9.17) is 9.47 Å². The highest BCUT2D eigenvalue weighted by Gasteiger charge is 2.17. The van der Waals surface area contributed by atoms with Gasteiger partial charge in [0, 0.05) is 11.1 Å². The number of fused-ring (bicyclic) bond motifs is 1. The number of hydrogen-bond donors (Lipinski definition) is 1. The lowest BCUT2D eigenvalue weighted by Crippen LogP contribution is -2.15. The summed E-state index contributed by atoms with van der Waals surface area (Å²) in [5.41, 5.74) is 1.96. The van der Waals surface area contributed by atoms with Crippen LogP contribution in [0.4, 0.5) is 5.69 Å². The summed E-state index contributed by atoms with van der Waals surface area (Å²) in [5, 5.41) is 8.25. The van der Waals surface area contributed by atoms with Crippen LogP contribution in [0.15, 0.2) is 78.9 Å². The zero-order valence-electron chi connectivity index (χ0n) is 16.0. The standard InChI is InChI=1S/C23H21N3O3/c1-28-18-13-11-17(12-14-18)24-23(27)22-20-9-5-6-10-21(20)26(25-22)15-16-29-19-7-3-2-4-8-19/h2-14H,15-16H2,1H3,(H,24,27). The van der Waals surface area contributed by atoms with Crippen molar-refractivity contribution in [2.75, 3.05) is 19.0 Å². The highest BCUT2D eigenvalue weighted by atomic mass is 16.5. The third-order valence-corrected chi connectivity index (χ3v) is 4.54. The minimum Gasteiger partial charge on any atom is -0.497 e. The Morgan fingerprint density at radius 1 is 0.931 bits per heavy atom. The van der Waals surface area contributed by atoms with Gasteiger partial charge >= 0.3 is 0 Å². The van der Waals surface area contributed by atoms with Gasteiger partial charge in [0.2, 0.25) is 0 Å². The van der Waals surface area contributed by atoms with Crippen molar-refractivity contribution in [3.8, 4) is 11.5 Å². The number of aromatic nitrogens is 2. The van der Waals surface area contributed by atoms with Crippen LogP contribution in [0.5, 0.6) is 11.5 Å². The van der Waals surface area contributed by atoms with Crippen LogP contribution in [0.3, 0.4) is 0 Å². The predicted molar refractivity (Wildman–Crippen MR) is 113 cm³/mol. The Labute approximate surface area is 168 Å². The van der Waals surface area contributed by atoms with E-state index in [1.54, 1.807) is 36.1 Å². The van der Waals surface area contributed by atoms with Crippen molar-refractivity contribution in [1.29, 1.82) is 0 Å². The molecule has 6 nitrogen and oxygen atoms in total. The molecule has 0 atom stereocenters. The largest absolute Gasteiger partial charge is 0.497 e. The first-order chi connectivity index (χ1) is 14.2. The van der Waals surface area contributed by atoms with Gasteiger partial charge in [0.25, 0.3) is 5.91 Å². The molecule has 0 unspecified atom stereocenters. The molecular formula is C23H21N3O3. The molecule has 4 aromatic rings. The third kappa shape index (κ3) is 4.21. The quantitative estimate of drug-likeness (QED) is 0.511. The van der Waals surface area contributed by atoms with Gasteiger partial charge in [0.15, 0.2) is 5.69 Å². The van der Waals surface area contributed by atoms with Crippen molar-refractivity contribution < 1.29 is 14.3 Å². The van der Waals surface area contributed by atoms with E-state index in [9.17, 15) is 4.79 Å². The maximum absolute atomic E-state index is 12.8. The second kappa shape index (κ2) is 8.48. The number of amides is 1. The van der Waals surface area contributed by atoms with Crippen LogP contribution in [-0.2, 0) is 6.54 Å². The molecular weight excluding hydrogens is 366 g/mol. The minimum atomic E-state index is -0.255. The molecule has 0 aliphatic heterocycles. The fourth-order valence-corrected chi connectivity index (χ4v) is 3.10. The molecule has 0 bridgehead atoms. The number of ether oxygens (including phenoxy) is 2. The van der Waals surface area contributed by atoms with Gasteiger partial charge in [0.05, 0.1) is 19.2 Å². The van der Waals surface area contributed by atoms with Crippen LogP contribution >= 0.6 is 0 Å². The minimum absolute atomic E-state index is 0.255. The Balaban J connectivity index is 1.52. The molecule has 0 saturated carbocycles. The van der Waals surface area contributed by atoms with Crippen LogP contribution in [0, 0.1) is 0 Å². The summed E-state index contributed by atoms with van der Waals surface area (Å²) < 4.78 is 12.7. The molecule has 6 heteroatoms. The summed E-state index contributed by atoms with van der Waals surface area (Å²) in [6.45, 7) is 0.987.